The molecule has 0 aromatic carbocycles. The van der Waals surface area contributed by atoms with E-state index in [1.165, 1.54) is 0 Å². The molecule has 2 N–H and O–H groups in total. The third kappa shape index (κ3) is 0.556. The SMILES string of the molecule is Oc1n[nH]c2ccncc12. The molecule has 2 aromatic rings. The van der Waals surface area contributed by atoms with E-state index in [0.29, 0.717) is 5.39 Å². The molecule has 0 bridgehead atoms. The number of H-pyrrole nitrogens is 1. The highest BCUT2D eigenvalue weighted by Crippen LogP contribution is 2.17. The molecule has 0 saturated carbocycles. The Bertz CT molecular complexity index is 355. The highest BCUT2D eigenvalue weighted by molar-refractivity contribution is 5.82. The van der Waals surface area contributed by atoms with Gasteiger partial charge in [-0.05, 0) is 6.07 Å². The van der Waals surface area contributed by atoms with E-state index < -0.39 is 0 Å². The number of hydrogen-bond donors (Lipinski definition) is 2. The van der Waals surface area contributed by atoms with Crippen molar-refractivity contribution < 1.29 is 5.11 Å². The Morgan fingerprint density at radius 2 is 2.40 bits per heavy atom. The molecule has 0 radical (unpaired) electrons. The summed E-state index contributed by atoms with van der Waals surface area (Å²) in [5, 5.41) is 15.9. The van der Waals surface area contributed by atoms with Gasteiger partial charge in [-0.2, -0.15) is 0 Å². The van der Waals surface area contributed by atoms with E-state index in [1.54, 1.807) is 18.5 Å². The Morgan fingerprint density at radius 1 is 1.50 bits per heavy atom. The number of fused-ring (bicyclic) bond motifs is 1. The minimum absolute atomic E-state index is 0.00287. The second-order valence-electron chi connectivity index (χ2n) is 1.97. The van der Waals surface area contributed by atoms with Gasteiger partial charge in [0.2, 0.25) is 5.88 Å². The first-order valence-electron chi connectivity index (χ1n) is 2.85. The zero-order chi connectivity index (χ0) is 6.97. The van der Waals surface area contributed by atoms with Crippen molar-refractivity contribution in [2.45, 2.75) is 0 Å². The average molecular weight is 135 g/mol. The Morgan fingerprint density at radius 3 is 3.20 bits per heavy atom. The summed E-state index contributed by atoms with van der Waals surface area (Å²) < 4.78 is 0. The lowest BCUT2D eigenvalue weighted by atomic mass is 10.3. The van der Waals surface area contributed by atoms with Gasteiger partial charge in [0.1, 0.15) is 0 Å². The summed E-state index contributed by atoms with van der Waals surface area (Å²) in [7, 11) is 0. The van der Waals surface area contributed by atoms with Gasteiger partial charge in [-0.25, -0.2) is 0 Å². The van der Waals surface area contributed by atoms with Gasteiger partial charge in [-0.3, -0.25) is 10.1 Å². The summed E-state index contributed by atoms with van der Waals surface area (Å²) in [6.45, 7) is 0. The fraction of sp³-hybridized carbons (Fsp3) is 0. The highest BCUT2D eigenvalue weighted by atomic mass is 16.3. The van der Waals surface area contributed by atoms with Gasteiger partial charge in [-0.1, -0.05) is 0 Å². The predicted molar refractivity (Wildman–Crippen MR) is 35.6 cm³/mol. The second kappa shape index (κ2) is 1.70. The first kappa shape index (κ1) is 5.22. The van der Waals surface area contributed by atoms with Crippen LogP contribution >= 0.6 is 0 Å². The van der Waals surface area contributed by atoms with Crippen molar-refractivity contribution in [3.05, 3.63) is 18.5 Å². The van der Waals surface area contributed by atoms with Crippen molar-refractivity contribution in [2.24, 2.45) is 0 Å². The van der Waals surface area contributed by atoms with Gasteiger partial charge in [-0.15, -0.1) is 5.10 Å². The minimum atomic E-state index is 0.00287. The minimum Gasteiger partial charge on any atom is -0.492 e. The molecule has 0 saturated heterocycles. The molecular weight excluding hydrogens is 130 g/mol. The van der Waals surface area contributed by atoms with Crippen LogP contribution in [0.1, 0.15) is 0 Å². The van der Waals surface area contributed by atoms with Gasteiger partial charge in [0.05, 0.1) is 10.9 Å². The van der Waals surface area contributed by atoms with Crippen LogP contribution in [0.3, 0.4) is 0 Å². The zero-order valence-electron chi connectivity index (χ0n) is 5.07. The van der Waals surface area contributed by atoms with Gasteiger partial charge in [0.15, 0.2) is 0 Å². The maximum atomic E-state index is 9.03. The molecule has 4 nitrogen and oxygen atoms in total. The first-order chi connectivity index (χ1) is 4.88. The van der Waals surface area contributed by atoms with E-state index in [1.807, 2.05) is 0 Å². The van der Waals surface area contributed by atoms with Crippen molar-refractivity contribution >= 4 is 10.9 Å². The molecular formula is C6H5N3O. The lowest BCUT2D eigenvalue weighted by molar-refractivity contribution is 0.457. The summed E-state index contributed by atoms with van der Waals surface area (Å²) >= 11 is 0. The van der Waals surface area contributed by atoms with E-state index in [-0.39, 0.29) is 5.88 Å². The molecule has 0 amide bonds. The Balaban J connectivity index is 2.93. The monoisotopic (exact) mass is 135 g/mol. The fourth-order valence-corrected chi connectivity index (χ4v) is 0.844. The number of rotatable bonds is 0. The van der Waals surface area contributed by atoms with Crippen LogP contribution < -0.4 is 0 Å². The topological polar surface area (TPSA) is 61.8 Å². The molecule has 0 fully saturated rings. The van der Waals surface area contributed by atoms with Crippen molar-refractivity contribution in [2.75, 3.05) is 0 Å². The molecule has 0 aliphatic carbocycles. The van der Waals surface area contributed by atoms with Crippen molar-refractivity contribution in [3.63, 3.8) is 0 Å². The van der Waals surface area contributed by atoms with Gasteiger partial charge in [0, 0.05) is 12.4 Å². The summed E-state index contributed by atoms with van der Waals surface area (Å²) in [4.78, 5) is 3.83. The van der Waals surface area contributed by atoms with Crippen LogP contribution in [0.15, 0.2) is 18.5 Å². The number of pyridine rings is 1. The molecule has 2 heterocycles. The van der Waals surface area contributed by atoms with E-state index in [0.717, 1.165) is 5.52 Å². The molecule has 0 aliphatic heterocycles. The van der Waals surface area contributed by atoms with Crippen LogP contribution in [0.4, 0.5) is 0 Å². The van der Waals surface area contributed by atoms with Gasteiger partial charge in [0.25, 0.3) is 0 Å². The largest absolute Gasteiger partial charge is 0.492 e. The molecule has 0 atom stereocenters. The molecule has 10 heavy (non-hydrogen) atoms. The Kier molecular flexibility index (Phi) is 0.887. The fourth-order valence-electron chi connectivity index (χ4n) is 0.844. The van der Waals surface area contributed by atoms with Crippen LogP contribution in [0.25, 0.3) is 10.9 Å². The highest BCUT2D eigenvalue weighted by Gasteiger charge is 2.00. The van der Waals surface area contributed by atoms with Gasteiger partial charge < -0.3 is 5.11 Å². The smallest absolute Gasteiger partial charge is 0.239 e. The van der Waals surface area contributed by atoms with E-state index in [4.69, 9.17) is 5.11 Å². The Hall–Kier alpha value is -1.58. The van der Waals surface area contributed by atoms with Crippen molar-refractivity contribution in [1.29, 1.82) is 0 Å². The third-order valence-electron chi connectivity index (χ3n) is 1.34. The molecule has 2 rings (SSSR count). The summed E-state index contributed by atoms with van der Waals surface area (Å²) in [5.74, 6) is 0.00287. The molecule has 0 unspecified atom stereocenters. The second-order valence-corrected chi connectivity index (χ2v) is 1.97. The number of nitrogens with zero attached hydrogens (tertiary/aromatic N) is 2. The van der Waals surface area contributed by atoms with Crippen molar-refractivity contribution in [3.8, 4) is 5.88 Å². The predicted octanol–water partition coefficient (Wildman–Crippen LogP) is 0.663. The van der Waals surface area contributed by atoms with Gasteiger partial charge >= 0.3 is 0 Å². The van der Waals surface area contributed by atoms with E-state index in [2.05, 4.69) is 15.2 Å². The molecule has 2 aromatic heterocycles. The summed E-state index contributed by atoms with van der Waals surface area (Å²) in [6, 6.07) is 1.75. The molecule has 0 aliphatic rings. The number of aromatic hydroxyl groups is 1. The maximum absolute atomic E-state index is 9.03. The van der Waals surface area contributed by atoms with E-state index >= 15 is 0 Å². The summed E-state index contributed by atoms with van der Waals surface area (Å²) in [6.07, 6.45) is 3.20. The first-order valence-corrected chi connectivity index (χ1v) is 2.85. The molecule has 50 valence electrons. The lowest BCUT2D eigenvalue weighted by Crippen LogP contribution is -1.68. The normalized spacial score (nSPS) is 10.4. The van der Waals surface area contributed by atoms with Crippen molar-refractivity contribution in [1.82, 2.24) is 15.2 Å². The maximum Gasteiger partial charge on any atom is 0.239 e. The van der Waals surface area contributed by atoms with Crippen LogP contribution in [0.2, 0.25) is 0 Å². The van der Waals surface area contributed by atoms with Crippen LogP contribution in [0.5, 0.6) is 5.88 Å². The van der Waals surface area contributed by atoms with E-state index in [9.17, 15) is 0 Å². The lowest BCUT2D eigenvalue weighted by Gasteiger charge is -1.83. The molecule has 4 heteroatoms. The molecule has 0 spiro atoms. The summed E-state index contributed by atoms with van der Waals surface area (Å²) in [5.41, 5.74) is 0.799. The number of aromatic nitrogens is 3. The van der Waals surface area contributed by atoms with Crippen LogP contribution in [-0.2, 0) is 0 Å². The van der Waals surface area contributed by atoms with Crippen LogP contribution in [-0.4, -0.2) is 20.3 Å². The Labute approximate surface area is 56.5 Å². The standard InChI is InChI=1S/C6H5N3O/c10-6-4-3-7-2-1-5(4)8-9-6/h1-3H,(H2,8,9,10). The average Bonchev–Trinajstić information content (AvgIpc) is 2.34. The number of aromatic amines is 1. The number of nitrogens with one attached hydrogen (secondary N) is 1. The quantitative estimate of drug-likeness (QED) is 0.557. The third-order valence-corrected chi connectivity index (χ3v) is 1.34. The number of hydrogen-bond acceptors (Lipinski definition) is 3. The zero-order valence-corrected chi connectivity index (χ0v) is 5.07. The van der Waals surface area contributed by atoms with Crippen LogP contribution in [0, 0.1) is 0 Å².